The fraction of sp³-hybridized carbons (Fsp3) is 0.412. The molecule has 3 rings (SSSR count). The van der Waals surface area contributed by atoms with Crippen LogP contribution in [-0.2, 0) is 11.8 Å². The van der Waals surface area contributed by atoms with Gasteiger partial charge in [-0.25, -0.2) is 0 Å². The van der Waals surface area contributed by atoms with Gasteiger partial charge in [0.2, 0.25) is 5.91 Å². The van der Waals surface area contributed by atoms with Crippen molar-refractivity contribution in [1.29, 1.82) is 0 Å². The van der Waals surface area contributed by atoms with Gasteiger partial charge >= 0.3 is 0 Å². The molecule has 7 heteroatoms. The van der Waals surface area contributed by atoms with Crippen LogP contribution < -0.4 is 9.64 Å². The van der Waals surface area contributed by atoms with Crippen molar-refractivity contribution in [2.24, 2.45) is 7.05 Å². The lowest BCUT2D eigenvalue weighted by atomic mass is 10.2. The lowest BCUT2D eigenvalue weighted by Gasteiger charge is -2.23. The Kier molecular flexibility index (Phi) is 5.06. The summed E-state index contributed by atoms with van der Waals surface area (Å²) in [6, 6.07) is 7.20. The van der Waals surface area contributed by atoms with Crippen LogP contribution in [0.5, 0.6) is 5.75 Å². The van der Waals surface area contributed by atoms with Gasteiger partial charge in [0.1, 0.15) is 12.4 Å². The van der Waals surface area contributed by atoms with Gasteiger partial charge < -0.3 is 9.64 Å². The predicted molar refractivity (Wildman–Crippen MR) is 93.5 cm³/mol. The molecule has 0 bridgehead atoms. The molecule has 1 aliphatic rings. The van der Waals surface area contributed by atoms with E-state index in [4.69, 9.17) is 16.3 Å². The maximum atomic E-state index is 12.6. The van der Waals surface area contributed by atoms with Crippen molar-refractivity contribution in [3.8, 4) is 5.75 Å². The number of carbonyl (C=O) groups is 1. The minimum atomic E-state index is -0.117. The van der Waals surface area contributed by atoms with E-state index in [1.54, 1.807) is 21.8 Å². The van der Waals surface area contributed by atoms with E-state index in [1.165, 1.54) is 0 Å². The number of anilines is 1. The zero-order valence-corrected chi connectivity index (χ0v) is 14.6. The molecular weight excluding hydrogens is 328 g/mol. The summed E-state index contributed by atoms with van der Waals surface area (Å²) >= 11 is 5.94. The highest BCUT2D eigenvalue weighted by molar-refractivity contribution is 6.30. The van der Waals surface area contributed by atoms with Crippen LogP contribution in [-0.4, -0.2) is 53.4 Å². The third-order valence-electron chi connectivity index (χ3n) is 4.22. The van der Waals surface area contributed by atoms with Gasteiger partial charge in [-0.15, -0.1) is 0 Å². The van der Waals surface area contributed by atoms with Crippen LogP contribution in [0, 0.1) is 0 Å². The zero-order valence-electron chi connectivity index (χ0n) is 13.9. The maximum absolute atomic E-state index is 12.6. The summed E-state index contributed by atoms with van der Waals surface area (Å²) in [6.07, 6.45) is 4.40. The van der Waals surface area contributed by atoms with Gasteiger partial charge in [0.15, 0.2) is 0 Å². The number of nitrogens with zero attached hydrogens (tertiary/aromatic N) is 4. The molecule has 1 unspecified atom stereocenters. The van der Waals surface area contributed by atoms with Gasteiger partial charge in [0.25, 0.3) is 0 Å². The van der Waals surface area contributed by atoms with Crippen molar-refractivity contribution in [2.45, 2.75) is 12.5 Å². The van der Waals surface area contributed by atoms with Gasteiger partial charge in [-0.1, -0.05) is 17.7 Å². The second kappa shape index (κ2) is 7.23. The molecule has 0 saturated carbocycles. The van der Waals surface area contributed by atoms with Crippen LogP contribution in [0.25, 0.3) is 0 Å². The van der Waals surface area contributed by atoms with Gasteiger partial charge in [0.05, 0.1) is 17.9 Å². The highest BCUT2D eigenvalue weighted by atomic mass is 35.5. The summed E-state index contributed by atoms with van der Waals surface area (Å²) in [5.41, 5.74) is 0.855. The van der Waals surface area contributed by atoms with Crippen LogP contribution in [0.15, 0.2) is 36.7 Å². The van der Waals surface area contributed by atoms with Crippen LogP contribution >= 0.6 is 11.6 Å². The molecule has 2 aromatic rings. The van der Waals surface area contributed by atoms with E-state index in [2.05, 4.69) is 5.10 Å². The number of ether oxygens (including phenoxy) is 1. The molecular formula is C17H21ClN4O2. The van der Waals surface area contributed by atoms with Gasteiger partial charge in [-0.05, 0) is 31.7 Å². The van der Waals surface area contributed by atoms with Gasteiger partial charge in [0, 0.05) is 31.4 Å². The highest BCUT2D eigenvalue weighted by Gasteiger charge is 2.35. The van der Waals surface area contributed by atoms with E-state index in [9.17, 15) is 4.79 Å². The topological polar surface area (TPSA) is 50.6 Å². The monoisotopic (exact) mass is 348 g/mol. The molecule has 1 aromatic heterocycles. The highest BCUT2D eigenvalue weighted by Crippen LogP contribution is 2.23. The number of halogens is 1. The zero-order chi connectivity index (χ0) is 17.1. The number of aryl methyl sites for hydroxylation is 1. The predicted octanol–water partition coefficient (Wildman–Crippen LogP) is 2.19. The molecule has 0 radical (unpaired) electrons. The normalized spacial score (nSPS) is 17.8. The van der Waals surface area contributed by atoms with E-state index in [1.807, 2.05) is 43.4 Å². The minimum absolute atomic E-state index is 0.117. The van der Waals surface area contributed by atoms with Crippen LogP contribution in [0.3, 0.4) is 0 Å². The third kappa shape index (κ3) is 3.71. The first kappa shape index (κ1) is 16.8. The first-order valence-corrected chi connectivity index (χ1v) is 8.31. The Labute approximate surface area is 146 Å². The number of aromatic nitrogens is 2. The SMILES string of the molecule is CN(CCOc1cccc(Cl)c1)C1CCN(c2cnn(C)c2)C1=O. The van der Waals surface area contributed by atoms with Crippen molar-refractivity contribution >= 4 is 23.2 Å². The standard InChI is InChI=1S/C17H21ClN4O2/c1-20(8-9-24-15-5-3-4-13(18)10-15)16-6-7-22(17(16)23)14-11-19-21(2)12-14/h3-5,10-12,16H,6-9H2,1-2H3. The largest absolute Gasteiger partial charge is 0.492 e. The van der Waals surface area contributed by atoms with Crippen molar-refractivity contribution < 1.29 is 9.53 Å². The Bertz CT molecular complexity index is 718. The Balaban J connectivity index is 1.52. The molecule has 1 amide bonds. The number of hydrogen-bond acceptors (Lipinski definition) is 4. The summed E-state index contributed by atoms with van der Waals surface area (Å²) in [4.78, 5) is 16.5. The molecule has 0 spiro atoms. The quantitative estimate of drug-likeness (QED) is 0.803. The first-order chi connectivity index (χ1) is 11.5. The van der Waals surface area contributed by atoms with E-state index in [-0.39, 0.29) is 11.9 Å². The molecule has 128 valence electrons. The third-order valence-corrected chi connectivity index (χ3v) is 4.46. The molecule has 24 heavy (non-hydrogen) atoms. The van der Waals surface area contributed by atoms with Crippen LogP contribution in [0.1, 0.15) is 6.42 Å². The minimum Gasteiger partial charge on any atom is -0.492 e. The molecule has 1 atom stereocenters. The average molecular weight is 349 g/mol. The molecule has 0 N–H and O–H groups in total. The molecule has 1 aromatic carbocycles. The van der Waals surface area contributed by atoms with Gasteiger partial charge in [-0.3, -0.25) is 14.4 Å². The lowest BCUT2D eigenvalue weighted by molar-refractivity contribution is -0.121. The number of rotatable bonds is 6. The fourth-order valence-corrected chi connectivity index (χ4v) is 3.08. The van der Waals surface area contributed by atoms with Crippen molar-refractivity contribution in [3.63, 3.8) is 0 Å². The van der Waals surface area contributed by atoms with E-state index >= 15 is 0 Å². The Hall–Kier alpha value is -2.05. The van der Waals surface area contributed by atoms with Crippen LogP contribution in [0.4, 0.5) is 5.69 Å². The summed E-state index contributed by atoms with van der Waals surface area (Å²) in [6.45, 7) is 1.89. The van der Waals surface area contributed by atoms with Crippen molar-refractivity contribution in [2.75, 3.05) is 31.6 Å². The number of hydrogen-bond donors (Lipinski definition) is 0. The second-order valence-electron chi connectivity index (χ2n) is 5.95. The summed E-state index contributed by atoms with van der Waals surface area (Å²) in [5, 5.41) is 4.79. The first-order valence-electron chi connectivity index (χ1n) is 7.93. The number of carbonyl (C=O) groups excluding carboxylic acids is 1. The summed E-state index contributed by atoms with van der Waals surface area (Å²) in [5.74, 6) is 0.860. The van der Waals surface area contributed by atoms with Crippen molar-refractivity contribution in [3.05, 3.63) is 41.7 Å². The number of amides is 1. The van der Waals surface area contributed by atoms with E-state index in [0.717, 1.165) is 17.9 Å². The van der Waals surface area contributed by atoms with E-state index < -0.39 is 0 Å². The maximum Gasteiger partial charge on any atom is 0.244 e. The Morgan fingerprint density at radius 1 is 1.46 bits per heavy atom. The molecule has 1 fully saturated rings. The lowest BCUT2D eigenvalue weighted by Crippen LogP contribution is -2.41. The summed E-state index contributed by atoms with van der Waals surface area (Å²) < 4.78 is 7.41. The molecule has 0 aliphatic carbocycles. The smallest absolute Gasteiger partial charge is 0.244 e. The molecule has 2 heterocycles. The summed E-state index contributed by atoms with van der Waals surface area (Å²) in [7, 11) is 3.80. The Morgan fingerprint density at radius 3 is 3.00 bits per heavy atom. The molecule has 1 saturated heterocycles. The molecule has 1 aliphatic heterocycles. The van der Waals surface area contributed by atoms with Crippen molar-refractivity contribution in [1.82, 2.24) is 14.7 Å². The number of benzene rings is 1. The fourth-order valence-electron chi connectivity index (χ4n) is 2.90. The van der Waals surface area contributed by atoms with E-state index in [0.29, 0.717) is 24.7 Å². The number of likely N-dealkylation sites (N-methyl/N-ethyl adjacent to an activating group) is 1. The second-order valence-corrected chi connectivity index (χ2v) is 6.39. The van der Waals surface area contributed by atoms with Crippen LogP contribution in [0.2, 0.25) is 5.02 Å². The van der Waals surface area contributed by atoms with Gasteiger partial charge in [-0.2, -0.15) is 5.10 Å². The average Bonchev–Trinajstić information content (AvgIpc) is 3.13. The molecule has 6 nitrogen and oxygen atoms in total. The Morgan fingerprint density at radius 2 is 2.29 bits per heavy atom.